The number of carbonyl (C=O) groups excluding carboxylic acids is 1. The fourth-order valence-corrected chi connectivity index (χ4v) is 9.67. The zero-order chi connectivity index (χ0) is 24.1. The first-order chi connectivity index (χ1) is 15.7. The van der Waals surface area contributed by atoms with Gasteiger partial charge in [0.15, 0.2) is 0 Å². The predicted octanol–water partition coefficient (Wildman–Crippen LogP) is 4.54. The van der Waals surface area contributed by atoms with Crippen molar-refractivity contribution >= 4 is 41.7 Å². The van der Waals surface area contributed by atoms with E-state index in [1.54, 1.807) is 0 Å². The van der Waals surface area contributed by atoms with Crippen molar-refractivity contribution in [1.29, 1.82) is 0 Å². The highest BCUT2D eigenvalue weighted by molar-refractivity contribution is 7.14. The molecular weight excluding hydrogens is 448 g/mol. The zero-order valence-corrected chi connectivity index (χ0v) is 22.2. The summed E-state index contributed by atoms with van der Waals surface area (Å²) in [6.45, 7) is 7.83. The lowest BCUT2D eigenvalue weighted by Gasteiger charge is -2.43. The van der Waals surface area contributed by atoms with E-state index in [0.29, 0.717) is 18.2 Å². The first-order valence-electron chi connectivity index (χ1n) is 11.0. The number of nitrogens with zero attached hydrogens (tertiary/aromatic N) is 1. The van der Waals surface area contributed by atoms with Crippen molar-refractivity contribution in [3.63, 3.8) is 0 Å². The molecule has 3 rings (SSSR count). The maximum atomic E-state index is 12.4. The molecule has 33 heavy (non-hydrogen) atoms. The van der Waals surface area contributed by atoms with Gasteiger partial charge >= 0.3 is 5.97 Å². The fraction of sp³-hybridized carbons (Fsp3) is 0.346. The minimum atomic E-state index is -2.65. The second-order valence-corrected chi connectivity index (χ2v) is 14.8. The van der Waals surface area contributed by atoms with Gasteiger partial charge in [-0.05, 0) is 35.6 Å². The van der Waals surface area contributed by atoms with Crippen molar-refractivity contribution in [2.24, 2.45) is 0 Å². The van der Waals surface area contributed by atoms with E-state index in [2.05, 4.69) is 74.6 Å². The van der Waals surface area contributed by atoms with E-state index in [-0.39, 0.29) is 11.0 Å². The Morgan fingerprint density at radius 1 is 1.00 bits per heavy atom. The van der Waals surface area contributed by atoms with Gasteiger partial charge in [0.1, 0.15) is 4.88 Å². The van der Waals surface area contributed by atoms with Crippen molar-refractivity contribution in [3.05, 3.63) is 76.5 Å². The maximum Gasteiger partial charge on any atom is 0.350 e. The predicted molar refractivity (Wildman–Crippen MR) is 140 cm³/mol. The van der Waals surface area contributed by atoms with Crippen LogP contribution in [0.4, 0.5) is 5.69 Å². The molecule has 1 heterocycles. The Kier molecular flexibility index (Phi) is 8.13. The van der Waals surface area contributed by atoms with Gasteiger partial charge in [0.05, 0.1) is 26.1 Å². The summed E-state index contributed by atoms with van der Waals surface area (Å²) in [5.74, 6) is -0.335. The molecule has 0 bridgehead atoms. The van der Waals surface area contributed by atoms with Crippen molar-refractivity contribution < 1.29 is 14.0 Å². The standard InChI is InChI=1S/C26H34N2O3SSi/c1-26(2,3)33(21-13-9-7-10-14-21,22-15-11-8-12-16-22)31-18-20-17-23(27-19-28(4)5)24(32-20)25(29)30-6/h7-17,27H,18-19H2,1-6H3. The third-order valence-electron chi connectivity index (χ3n) is 5.59. The van der Waals surface area contributed by atoms with Crippen LogP contribution in [0.15, 0.2) is 66.7 Å². The van der Waals surface area contributed by atoms with Crippen LogP contribution in [0.3, 0.4) is 0 Å². The highest BCUT2D eigenvalue weighted by Gasteiger charge is 2.50. The molecule has 2 aromatic carbocycles. The number of thiophene rings is 1. The molecule has 0 saturated heterocycles. The molecule has 0 aliphatic heterocycles. The molecular formula is C26H34N2O3SSi. The van der Waals surface area contributed by atoms with Crippen LogP contribution in [-0.4, -0.2) is 47.1 Å². The van der Waals surface area contributed by atoms with Gasteiger partial charge in [-0.15, -0.1) is 11.3 Å². The molecule has 5 nitrogen and oxygen atoms in total. The van der Waals surface area contributed by atoms with E-state index < -0.39 is 8.32 Å². The van der Waals surface area contributed by atoms with Crippen molar-refractivity contribution in [2.75, 3.05) is 33.2 Å². The van der Waals surface area contributed by atoms with E-state index in [9.17, 15) is 4.79 Å². The van der Waals surface area contributed by atoms with Gasteiger partial charge in [-0.2, -0.15) is 0 Å². The Balaban J connectivity index is 2.02. The van der Waals surface area contributed by atoms with Crippen LogP contribution >= 0.6 is 11.3 Å². The van der Waals surface area contributed by atoms with E-state index in [1.807, 2.05) is 37.2 Å². The maximum absolute atomic E-state index is 12.4. The molecule has 0 spiro atoms. The minimum Gasteiger partial charge on any atom is -0.465 e. The first-order valence-corrected chi connectivity index (χ1v) is 13.8. The number of methoxy groups -OCH3 is 1. The number of nitrogens with one attached hydrogen (secondary N) is 1. The van der Waals surface area contributed by atoms with Crippen LogP contribution in [0.1, 0.15) is 35.3 Å². The Labute approximate surface area is 202 Å². The molecule has 0 fully saturated rings. The summed E-state index contributed by atoms with van der Waals surface area (Å²) in [7, 11) is 2.72. The molecule has 0 aliphatic carbocycles. The van der Waals surface area contributed by atoms with Gasteiger partial charge in [0.25, 0.3) is 8.32 Å². The van der Waals surface area contributed by atoms with Gasteiger partial charge in [0.2, 0.25) is 0 Å². The number of benzene rings is 2. The van der Waals surface area contributed by atoms with Crippen molar-refractivity contribution in [2.45, 2.75) is 32.4 Å². The second-order valence-electron chi connectivity index (χ2n) is 9.31. The number of rotatable bonds is 9. The van der Waals surface area contributed by atoms with Gasteiger partial charge in [0, 0.05) is 4.88 Å². The fourth-order valence-electron chi connectivity index (χ4n) is 4.07. The van der Waals surface area contributed by atoms with Gasteiger partial charge in [-0.3, -0.25) is 4.90 Å². The Morgan fingerprint density at radius 2 is 1.55 bits per heavy atom. The Morgan fingerprint density at radius 3 is 2.00 bits per heavy atom. The van der Waals surface area contributed by atoms with Gasteiger partial charge in [-0.25, -0.2) is 4.79 Å². The highest BCUT2D eigenvalue weighted by atomic mass is 32.1. The molecule has 0 atom stereocenters. The third kappa shape index (κ3) is 5.55. The minimum absolute atomic E-state index is 0.107. The topological polar surface area (TPSA) is 50.8 Å². The number of hydrogen-bond donors (Lipinski definition) is 1. The monoisotopic (exact) mass is 482 g/mol. The van der Waals surface area contributed by atoms with E-state index >= 15 is 0 Å². The number of carbonyl (C=O) groups is 1. The summed E-state index contributed by atoms with van der Waals surface area (Å²) < 4.78 is 12.0. The normalized spacial score (nSPS) is 12.1. The van der Waals surface area contributed by atoms with Crippen LogP contribution in [-0.2, 0) is 15.8 Å². The molecule has 0 aliphatic rings. The van der Waals surface area contributed by atoms with E-state index in [1.165, 1.54) is 28.8 Å². The highest BCUT2D eigenvalue weighted by Crippen LogP contribution is 2.38. The largest absolute Gasteiger partial charge is 0.465 e. The SMILES string of the molecule is COC(=O)c1sc(CO[Si](c2ccccc2)(c2ccccc2)C(C)(C)C)cc1NCN(C)C. The van der Waals surface area contributed by atoms with Crippen LogP contribution in [0, 0.1) is 0 Å². The summed E-state index contributed by atoms with van der Waals surface area (Å²) in [5.41, 5.74) is 0.779. The van der Waals surface area contributed by atoms with Crippen LogP contribution in [0.5, 0.6) is 0 Å². The van der Waals surface area contributed by atoms with E-state index in [0.717, 1.165) is 10.6 Å². The summed E-state index contributed by atoms with van der Waals surface area (Å²) in [6, 6.07) is 23.2. The summed E-state index contributed by atoms with van der Waals surface area (Å²) in [5, 5.41) is 5.69. The number of ether oxygens (including phenoxy) is 1. The molecule has 1 aromatic heterocycles. The average Bonchev–Trinajstić information content (AvgIpc) is 3.21. The van der Waals surface area contributed by atoms with Crippen LogP contribution < -0.4 is 15.7 Å². The van der Waals surface area contributed by atoms with Crippen molar-refractivity contribution in [1.82, 2.24) is 4.90 Å². The number of hydrogen-bond acceptors (Lipinski definition) is 6. The van der Waals surface area contributed by atoms with Gasteiger partial charge < -0.3 is 14.5 Å². The third-order valence-corrected chi connectivity index (χ3v) is 11.7. The number of anilines is 1. The van der Waals surface area contributed by atoms with E-state index in [4.69, 9.17) is 9.16 Å². The summed E-state index contributed by atoms with van der Waals surface area (Å²) in [4.78, 5) is 16.0. The smallest absolute Gasteiger partial charge is 0.350 e. The average molecular weight is 483 g/mol. The Bertz CT molecular complexity index is 1010. The van der Waals surface area contributed by atoms with Crippen LogP contribution in [0.25, 0.3) is 0 Å². The van der Waals surface area contributed by atoms with Crippen LogP contribution in [0.2, 0.25) is 5.04 Å². The second kappa shape index (κ2) is 10.7. The number of esters is 1. The molecule has 1 N–H and O–H groups in total. The van der Waals surface area contributed by atoms with Gasteiger partial charge in [-0.1, -0.05) is 81.4 Å². The quantitative estimate of drug-likeness (QED) is 0.276. The lowest BCUT2D eigenvalue weighted by atomic mass is 10.2. The zero-order valence-electron chi connectivity index (χ0n) is 20.3. The molecule has 176 valence electrons. The molecule has 7 heteroatoms. The molecule has 0 radical (unpaired) electrons. The van der Waals surface area contributed by atoms with Crippen molar-refractivity contribution in [3.8, 4) is 0 Å². The molecule has 0 amide bonds. The molecule has 3 aromatic rings. The molecule has 0 saturated carbocycles. The summed E-state index contributed by atoms with van der Waals surface area (Å²) >= 11 is 1.43. The first kappa shape index (κ1) is 25.2. The molecule has 0 unspecified atom stereocenters. The Hall–Kier alpha value is -2.45. The summed E-state index contributed by atoms with van der Waals surface area (Å²) in [6.07, 6.45) is 0. The lowest BCUT2D eigenvalue weighted by Crippen LogP contribution is -2.66. The lowest BCUT2D eigenvalue weighted by molar-refractivity contribution is 0.0607.